The van der Waals surface area contributed by atoms with E-state index in [9.17, 15) is 19.4 Å². The number of fused-ring (bicyclic) bond motifs is 6. The molecule has 2 aliphatic rings. The summed E-state index contributed by atoms with van der Waals surface area (Å²) in [4.78, 5) is 0. The Balaban J connectivity index is 0.000000210. The van der Waals surface area contributed by atoms with Crippen LogP contribution in [0.5, 0.6) is 11.5 Å². The minimum atomic E-state index is -3.42. The lowest BCUT2D eigenvalue weighted by Gasteiger charge is -2.38. The first-order chi connectivity index (χ1) is 23.6. The molecule has 11 nitrogen and oxygen atoms in total. The summed E-state index contributed by atoms with van der Waals surface area (Å²) in [6.45, 7) is 7.98. The Bertz CT molecular complexity index is 1780. The SMILES string of the molecule is CC(C)C(N(O)CCO)P1(=O)Oc2ccccc2-c2ccccc21.CC(C)C(NCCO)P1(=O)Oc2ccccc2-c2ccccc21.OO. The van der Waals surface area contributed by atoms with Crippen molar-refractivity contribution in [3.63, 3.8) is 0 Å². The van der Waals surface area contributed by atoms with E-state index in [0.29, 0.717) is 23.3 Å². The van der Waals surface area contributed by atoms with Gasteiger partial charge >= 0.3 is 0 Å². The first-order valence-electron chi connectivity index (χ1n) is 16.1. The molecule has 6 rings (SSSR count). The summed E-state index contributed by atoms with van der Waals surface area (Å²) < 4.78 is 40.0. The maximum absolute atomic E-state index is 14.0. The van der Waals surface area contributed by atoms with Crippen LogP contribution < -0.4 is 25.0 Å². The highest BCUT2D eigenvalue weighted by molar-refractivity contribution is 7.68. The van der Waals surface area contributed by atoms with Gasteiger partial charge in [-0.1, -0.05) is 100 Å². The second-order valence-electron chi connectivity index (χ2n) is 12.3. The second-order valence-corrected chi connectivity index (χ2v) is 17.1. The Morgan fingerprint density at radius 3 is 1.51 bits per heavy atom. The molecule has 4 unspecified atom stereocenters. The fourth-order valence-corrected chi connectivity index (χ4v) is 12.3. The van der Waals surface area contributed by atoms with Crippen LogP contribution in [0.1, 0.15) is 27.7 Å². The van der Waals surface area contributed by atoms with Gasteiger partial charge in [-0.3, -0.25) is 19.6 Å². The predicted molar refractivity (Wildman–Crippen MR) is 193 cm³/mol. The van der Waals surface area contributed by atoms with Crippen LogP contribution in [-0.4, -0.2) is 68.9 Å². The van der Waals surface area contributed by atoms with Gasteiger partial charge in [0.25, 0.3) is 14.7 Å². The largest absolute Gasteiger partial charge is 0.438 e. The van der Waals surface area contributed by atoms with Crippen molar-refractivity contribution < 1.29 is 44.1 Å². The monoisotopic (exact) mass is 712 g/mol. The lowest BCUT2D eigenvalue weighted by molar-refractivity contribution is -0.176. The summed E-state index contributed by atoms with van der Waals surface area (Å²) in [5.74, 6) is 0.105. The van der Waals surface area contributed by atoms with Crippen LogP contribution in [0.4, 0.5) is 0 Å². The molecule has 4 aromatic carbocycles. The normalized spacial score (nSPS) is 19.8. The number of nitrogens with zero attached hydrogens (tertiary/aromatic N) is 1. The molecular formula is C36H46N2O9P2. The molecule has 13 heteroatoms. The van der Waals surface area contributed by atoms with Crippen LogP contribution >= 0.6 is 14.7 Å². The third-order valence-electron chi connectivity index (χ3n) is 8.34. The second kappa shape index (κ2) is 17.1. The predicted octanol–water partition coefficient (Wildman–Crippen LogP) is 6.55. The summed E-state index contributed by atoms with van der Waals surface area (Å²) in [6, 6.07) is 30.4. The quantitative estimate of drug-likeness (QED) is 0.0600. The maximum Gasteiger partial charge on any atom is 0.297 e. The third-order valence-corrected chi connectivity index (χ3v) is 14.5. The van der Waals surface area contributed by atoms with E-state index in [4.69, 9.17) is 24.7 Å². The van der Waals surface area contributed by atoms with Gasteiger partial charge < -0.3 is 29.8 Å². The Hall–Kier alpha value is -3.34. The van der Waals surface area contributed by atoms with Gasteiger partial charge in [-0.15, -0.1) is 0 Å². The zero-order valence-electron chi connectivity index (χ0n) is 28.1. The van der Waals surface area contributed by atoms with Crippen LogP contribution in [0.25, 0.3) is 22.3 Å². The highest BCUT2D eigenvalue weighted by Gasteiger charge is 2.47. The van der Waals surface area contributed by atoms with Gasteiger partial charge in [-0.2, -0.15) is 5.06 Å². The average Bonchev–Trinajstić information content (AvgIpc) is 3.10. The number of benzene rings is 4. The van der Waals surface area contributed by atoms with Gasteiger partial charge in [0.05, 0.1) is 23.8 Å². The number of hydrogen-bond acceptors (Lipinski definition) is 11. The highest BCUT2D eigenvalue weighted by Crippen LogP contribution is 2.60. The number of rotatable bonds is 10. The minimum absolute atomic E-state index is 0.00144. The van der Waals surface area contributed by atoms with Crippen LogP contribution in [0.2, 0.25) is 0 Å². The molecule has 0 bridgehead atoms. The molecule has 264 valence electrons. The molecule has 4 aromatic rings. The number of aliphatic hydroxyl groups excluding tert-OH is 2. The average molecular weight is 713 g/mol. The topological polar surface area (TPSA) is 169 Å². The zero-order valence-corrected chi connectivity index (χ0v) is 29.9. The Kier molecular flexibility index (Phi) is 13.4. The van der Waals surface area contributed by atoms with Gasteiger partial charge in [0.15, 0.2) is 0 Å². The standard InChI is InChI=1S/C18H22NO4P.C18H22NO3P.H2O2/c1-13(2)18(19(21)11-12-20)24(22)17-10-6-4-8-15(17)14-7-3-5-9-16(14)23-24;1-13(2)18(19-11-12-20)23(21)17-10-6-4-8-15(17)14-7-3-5-9-16(14)22-23;1-2/h3-10,13,18,20-21H,11-12H2,1-2H3;3-10,13,18-20H,11-12H2,1-2H3;1-2H. The molecule has 0 spiro atoms. The Labute approximate surface area is 287 Å². The van der Waals surface area contributed by atoms with E-state index < -0.39 is 20.5 Å². The molecule has 2 heterocycles. The van der Waals surface area contributed by atoms with E-state index in [1.54, 1.807) is 12.1 Å². The summed E-state index contributed by atoms with van der Waals surface area (Å²) in [6.07, 6.45) is 0. The van der Waals surface area contributed by atoms with Gasteiger partial charge in [0.1, 0.15) is 23.1 Å². The fraction of sp³-hybridized carbons (Fsp3) is 0.333. The lowest BCUT2D eigenvalue weighted by Crippen LogP contribution is -2.42. The Morgan fingerprint density at radius 2 is 1.06 bits per heavy atom. The first kappa shape index (κ1) is 38.5. The highest BCUT2D eigenvalue weighted by atomic mass is 31.2. The maximum atomic E-state index is 14.0. The smallest absolute Gasteiger partial charge is 0.297 e. The van der Waals surface area contributed by atoms with Crippen molar-refractivity contribution in [3.05, 3.63) is 97.1 Å². The summed E-state index contributed by atoms with van der Waals surface area (Å²) >= 11 is 0. The van der Waals surface area contributed by atoms with Crippen molar-refractivity contribution in [1.82, 2.24) is 10.4 Å². The Morgan fingerprint density at radius 1 is 0.633 bits per heavy atom. The number of hydroxylamine groups is 2. The number of aliphatic hydroxyl groups is 2. The molecule has 2 aliphatic heterocycles. The summed E-state index contributed by atoms with van der Waals surface area (Å²) in [5.41, 5.74) is 3.70. The van der Waals surface area contributed by atoms with Gasteiger partial charge in [-0.05, 0) is 47.2 Å². The van der Waals surface area contributed by atoms with Gasteiger partial charge in [0, 0.05) is 24.2 Å². The fourth-order valence-electron chi connectivity index (χ4n) is 6.39. The van der Waals surface area contributed by atoms with Gasteiger partial charge in [0.2, 0.25) is 0 Å². The lowest BCUT2D eigenvalue weighted by atomic mass is 10.0. The third kappa shape index (κ3) is 7.86. The van der Waals surface area contributed by atoms with Crippen LogP contribution in [0.3, 0.4) is 0 Å². The van der Waals surface area contributed by atoms with Crippen molar-refractivity contribution in [3.8, 4) is 33.8 Å². The van der Waals surface area contributed by atoms with E-state index in [1.165, 1.54) is 0 Å². The molecule has 0 fully saturated rings. The number of para-hydroxylation sites is 2. The first-order valence-corrected chi connectivity index (χ1v) is 19.5. The van der Waals surface area contributed by atoms with Crippen molar-refractivity contribution in [2.24, 2.45) is 11.8 Å². The van der Waals surface area contributed by atoms with Crippen molar-refractivity contribution in [2.75, 3.05) is 26.3 Å². The molecule has 0 amide bonds. The van der Waals surface area contributed by atoms with Crippen LogP contribution in [-0.2, 0) is 9.13 Å². The van der Waals surface area contributed by atoms with E-state index in [1.807, 2.05) is 113 Å². The number of nitrogens with one attached hydrogen (secondary N) is 1. The summed E-state index contributed by atoms with van der Waals surface area (Å²) in [5, 5.41) is 46.2. The van der Waals surface area contributed by atoms with Gasteiger partial charge in [-0.25, -0.2) is 0 Å². The van der Waals surface area contributed by atoms with Crippen LogP contribution in [0, 0.1) is 11.8 Å². The van der Waals surface area contributed by atoms with Crippen molar-refractivity contribution in [1.29, 1.82) is 0 Å². The number of hydrogen-bond donors (Lipinski definition) is 6. The molecule has 49 heavy (non-hydrogen) atoms. The molecule has 0 aromatic heterocycles. The van der Waals surface area contributed by atoms with E-state index in [0.717, 1.165) is 32.6 Å². The molecule has 0 saturated carbocycles. The van der Waals surface area contributed by atoms with E-state index in [-0.39, 0.29) is 37.4 Å². The molecule has 6 N–H and O–H groups in total. The summed E-state index contributed by atoms with van der Waals surface area (Å²) in [7, 11) is -6.58. The minimum Gasteiger partial charge on any atom is -0.438 e. The molecular weight excluding hydrogens is 666 g/mol. The van der Waals surface area contributed by atoms with E-state index >= 15 is 0 Å². The molecule has 0 aliphatic carbocycles. The zero-order chi connectivity index (χ0) is 35.8. The van der Waals surface area contributed by atoms with Crippen molar-refractivity contribution in [2.45, 2.75) is 39.3 Å². The molecule has 4 atom stereocenters. The van der Waals surface area contributed by atoms with Crippen molar-refractivity contribution >= 4 is 25.3 Å². The van der Waals surface area contributed by atoms with E-state index in [2.05, 4.69) is 5.32 Å². The van der Waals surface area contributed by atoms with Crippen LogP contribution in [0.15, 0.2) is 97.1 Å². The molecule has 0 radical (unpaired) electrons. The molecule has 0 saturated heterocycles.